The van der Waals surface area contributed by atoms with Crippen molar-refractivity contribution in [3.8, 4) is 0 Å². The van der Waals surface area contributed by atoms with Crippen molar-refractivity contribution in [1.29, 1.82) is 0 Å². The predicted molar refractivity (Wildman–Crippen MR) is 65.2 cm³/mol. The molecule has 2 N–H and O–H groups in total. The highest BCUT2D eigenvalue weighted by molar-refractivity contribution is 4.82. The van der Waals surface area contributed by atoms with Crippen molar-refractivity contribution in [2.45, 2.75) is 63.8 Å². The molecule has 0 saturated heterocycles. The molecule has 2 unspecified atom stereocenters. The maximum atomic E-state index is 12.7. The Balaban J connectivity index is 2.38. The monoisotopic (exact) mass is 267 g/mol. The van der Waals surface area contributed by atoms with Gasteiger partial charge in [-0.1, -0.05) is 12.8 Å². The van der Waals surface area contributed by atoms with E-state index < -0.39 is 12.3 Å². The van der Waals surface area contributed by atoms with Crippen LogP contribution in [0.25, 0.3) is 0 Å². The third kappa shape index (κ3) is 4.76. The van der Waals surface area contributed by atoms with Crippen molar-refractivity contribution in [3.05, 3.63) is 0 Å². The summed E-state index contributed by atoms with van der Waals surface area (Å²) in [6, 6.07) is 0.185. The van der Waals surface area contributed by atoms with Crippen LogP contribution in [0.15, 0.2) is 0 Å². The Hall–Kier alpha value is -0.290. The van der Waals surface area contributed by atoms with E-state index in [2.05, 4.69) is 4.74 Å². The van der Waals surface area contributed by atoms with Crippen LogP contribution in [0.1, 0.15) is 45.4 Å². The van der Waals surface area contributed by atoms with Crippen molar-refractivity contribution in [3.63, 3.8) is 0 Å². The van der Waals surface area contributed by atoms with Crippen LogP contribution in [0.5, 0.6) is 0 Å². The van der Waals surface area contributed by atoms with E-state index in [1.165, 1.54) is 0 Å². The summed E-state index contributed by atoms with van der Waals surface area (Å²) in [6.45, 7) is 1.97. The molecule has 108 valence electrons. The van der Waals surface area contributed by atoms with Crippen LogP contribution in [0.2, 0.25) is 0 Å². The zero-order valence-corrected chi connectivity index (χ0v) is 11.2. The Kier molecular flexibility index (Phi) is 5.92. The van der Waals surface area contributed by atoms with Gasteiger partial charge in [0.25, 0.3) is 0 Å². The average molecular weight is 267 g/mol. The molecule has 1 saturated carbocycles. The summed E-state index contributed by atoms with van der Waals surface area (Å²) in [6.07, 6.45) is -0.870. The molecule has 1 aliphatic rings. The SMILES string of the molecule is COC(C1CCC(CCC(C)N)CC1)C(F)(F)F. The van der Waals surface area contributed by atoms with Gasteiger partial charge in [-0.3, -0.25) is 0 Å². The second-order valence-electron chi connectivity index (χ2n) is 5.53. The van der Waals surface area contributed by atoms with Crippen LogP contribution in [0.4, 0.5) is 13.2 Å². The number of rotatable bonds is 5. The van der Waals surface area contributed by atoms with E-state index in [-0.39, 0.29) is 12.0 Å². The van der Waals surface area contributed by atoms with Gasteiger partial charge >= 0.3 is 6.18 Å². The molecular weight excluding hydrogens is 243 g/mol. The van der Waals surface area contributed by atoms with Crippen molar-refractivity contribution in [1.82, 2.24) is 0 Å². The minimum absolute atomic E-state index is 0.185. The number of hydrogen-bond acceptors (Lipinski definition) is 2. The average Bonchev–Trinajstić information content (AvgIpc) is 2.27. The number of methoxy groups -OCH3 is 1. The second kappa shape index (κ2) is 6.75. The largest absolute Gasteiger partial charge is 0.414 e. The molecule has 0 aromatic heterocycles. The second-order valence-corrected chi connectivity index (χ2v) is 5.53. The standard InChI is InChI=1S/C13H24F3NO/c1-9(17)3-4-10-5-7-11(8-6-10)12(18-2)13(14,15)16/h9-12H,3-8,17H2,1-2H3. The molecule has 1 fully saturated rings. The van der Waals surface area contributed by atoms with Crippen molar-refractivity contribution in [2.24, 2.45) is 17.6 Å². The van der Waals surface area contributed by atoms with Crippen molar-refractivity contribution >= 4 is 0 Å². The summed E-state index contributed by atoms with van der Waals surface area (Å²) in [7, 11) is 1.15. The molecule has 0 radical (unpaired) electrons. The third-order valence-corrected chi connectivity index (χ3v) is 3.93. The molecule has 0 bridgehead atoms. The fraction of sp³-hybridized carbons (Fsp3) is 1.00. The van der Waals surface area contributed by atoms with Crippen LogP contribution in [-0.2, 0) is 4.74 Å². The van der Waals surface area contributed by atoms with E-state index in [4.69, 9.17) is 5.73 Å². The summed E-state index contributed by atoms with van der Waals surface area (Å²) < 4.78 is 42.8. The quantitative estimate of drug-likeness (QED) is 0.827. The lowest BCUT2D eigenvalue weighted by molar-refractivity contribution is -0.231. The van der Waals surface area contributed by atoms with E-state index >= 15 is 0 Å². The lowest BCUT2D eigenvalue weighted by atomic mass is 9.77. The normalized spacial score (nSPS) is 29.0. The molecule has 0 heterocycles. The van der Waals surface area contributed by atoms with Crippen molar-refractivity contribution < 1.29 is 17.9 Å². The lowest BCUT2D eigenvalue weighted by Crippen LogP contribution is -2.39. The van der Waals surface area contributed by atoms with E-state index in [0.717, 1.165) is 32.8 Å². The van der Waals surface area contributed by atoms with Gasteiger partial charge in [0, 0.05) is 13.2 Å². The third-order valence-electron chi connectivity index (χ3n) is 3.93. The topological polar surface area (TPSA) is 35.2 Å². The zero-order chi connectivity index (χ0) is 13.8. The molecule has 18 heavy (non-hydrogen) atoms. The summed E-state index contributed by atoms with van der Waals surface area (Å²) in [5, 5.41) is 0. The molecule has 1 aliphatic carbocycles. The fourth-order valence-corrected chi connectivity index (χ4v) is 2.87. The minimum Gasteiger partial charge on any atom is -0.372 e. The number of halogens is 3. The van der Waals surface area contributed by atoms with Crippen LogP contribution in [-0.4, -0.2) is 25.4 Å². The summed E-state index contributed by atoms with van der Waals surface area (Å²) in [5.41, 5.74) is 5.69. The van der Waals surface area contributed by atoms with Crippen LogP contribution >= 0.6 is 0 Å². The summed E-state index contributed by atoms with van der Waals surface area (Å²) in [4.78, 5) is 0. The molecular formula is C13H24F3NO. The Morgan fingerprint density at radius 3 is 2.17 bits per heavy atom. The first-order valence-electron chi connectivity index (χ1n) is 6.69. The van der Waals surface area contributed by atoms with Crippen LogP contribution in [0, 0.1) is 11.8 Å². The van der Waals surface area contributed by atoms with Gasteiger partial charge in [-0.05, 0) is 44.4 Å². The van der Waals surface area contributed by atoms with Gasteiger partial charge in [-0.15, -0.1) is 0 Å². The summed E-state index contributed by atoms with van der Waals surface area (Å²) >= 11 is 0. The smallest absolute Gasteiger partial charge is 0.372 e. The Morgan fingerprint density at radius 1 is 1.22 bits per heavy atom. The number of hydrogen-bond donors (Lipinski definition) is 1. The van der Waals surface area contributed by atoms with Gasteiger partial charge in [-0.2, -0.15) is 13.2 Å². The van der Waals surface area contributed by atoms with Crippen LogP contribution in [0.3, 0.4) is 0 Å². The zero-order valence-electron chi connectivity index (χ0n) is 11.2. The molecule has 0 aromatic rings. The highest BCUT2D eigenvalue weighted by Crippen LogP contribution is 2.39. The minimum atomic E-state index is -4.24. The van der Waals surface area contributed by atoms with Crippen LogP contribution < -0.4 is 5.73 Å². The number of ether oxygens (including phenoxy) is 1. The van der Waals surface area contributed by atoms with Gasteiger partial charge in [0.05, 0.1) is 0 Å². The van der Waals surface area contributed by atoms with Gasteiger partial charge in [-0.25, -0.2) is 0 Å². The van der Waals surface area contributed by atoms with Gasteiger partial charge in [0.15, 0.2) is 6.10 Å². The number of alkyl halides is 3. The van der Waals surface area contributed by atoms with E-state index in [1.54, 1.807) is 0 Å². The van der Waals surface area contributed by atoms with Gasteiger partial charge < -0.3 is 10.5 Å². The van der Waals surface area contributed by atoms with Crippen molar-refractivity contribution in [2.75, 3.05) is 7.11 Å². The number of nitrogens with two attached hydrogens (primary N) is 1. The highest BCUT2D eigenvalue weighted by atomic mass is 19.4. The first-order chi connectivity index (χ1) is 8.34. The van der Waals surface area contributed by atoms with Gasteiger partial charge in [0.1, 0.15) is 0 Å². The molecule has 5 heteroatoms. The molecule has 0 spiro atoms. The summed E-state index contributed by atoms with van der Waals surface area (Å²) in [5.74, 6) is 0.166. The maximum absolute atomic E-state index is 12.7. The highest BCUT2D eigenvalue weighted by Gasteiger charge is 2.45. The fourth-order valence-electron chi connectivity index (χ4n) is 2.87. The Morgan fingerprint density at radius 2 is 1.78 bits per heavy atom. The van der Waals surface area contributed by atoms with Gasteiger partial charge in [0.2, 0.25) is 0 Å². The van der Waals surface area contributed by atoms with E-state index in [9.17, 15) is 13.2 Å². The molecule has 2 nitrogen and oxygen atoms in total. The van der Waals surface area contributed by atoms with E-state index in [0.29, 0.717) is 18.8 Å². The predicted octanol–water partition coefficient (Wildman–Crippen LogP) is 3.50. The molecule has 0 aromatic carbocycles. The molecule has 2 atom stereocenters. The molecule has 0 aliphatic heterocycles. The Labute approximate surface area is 107 Å². The first-order valence-corrected chi connectivity index (χ1v) is 6.69. The van der Waals surface area contributed by atoms with E-state index in [1.807, 2.05) is 6.92 Å². The Bertz CT molecular complexity index is 235. The lowest BCUT2D eigenvalue weighted by Gasteiger charge is -2.34. The maximum Gasteiger partial charge on any atom is 0.414 e. The molecule has 1 rings (SSSR count). The first kappa shape index (κ1) is 15.8. The molecule has 0 amide bonds.